The Morgan fingerprint density at radius 1 is 1.18 bits per heavy atom. The molecule has 0 aliphatic carbocycles. The lowest BCUT2D eigenvalue weighted by molar-refractivity contribution is 0.103. The van der Waals surface area contributed by atoms with E-state index in [9.17, 15) is 4.79 Å². The molecule has 0 aliphatic heterocycles. The number of ether oxygens (including phenoxy) is 1. The van der Waals surface area contributed by atoms with Crippen LogP contribution in [0, 0.1) is 13.8 Å². The summed E-state index contributed by atoms with van der Waals surface area (Å²) in [6, 6.07) is 13.7. The third-order valence-electron chi connectivity index (χ3n) is 4.64. The predicted molar refractivity (Wildman–Crippen MR) is 117 cm³/mol. The third-order valence-corrected chi connectivity index (χ3v) is 5.76. The van der Waals surface area contributed by atoms with Crippen LogP contribution in [0.5, 0.6) is 5.75 Å². The van der Waals surface area contributed by atoms with Gasteiger partial charge in [-0.2, -0.15) is 0 Å². The molecular formula is C22H21N3O2S. The summed E-state index contributed by atoms with van der Waals surface area (Å²) in [5, 5.41) is 4.70. The number of fused-ring (bicyclic) bond motifs is 2. The molecule has 2 aromatic carbocycles. The molecule has 0 spiro atoms. The van der Waals surface area contributed by atoms with Crippen molar-refractivity contribution in [3.05, 3.63) is 58.5 Å². The largest absolute Gasteiger partial charge is 0.494 e. The molecule has 0 radical (unpaired) electrons. The van der Waals surface area contributed by atoms with E-state index in [4.69, 9.17) is 10.5 Å². The summed E-state index contributed by atoms with van der Waals surface area (Å²) in [4.78, 5) is 18.8. The lowest BCUT2D eigenvalue weighted by atomic mass is 10.1. The molecule has 2 aromatic heterocycles. The van der Waals surface area contributed by atoms with Gasteiger partial charge in [0.1, 0.15) is 15.5 Å². The molecule has 4 rings (SSSR count). The van der Waals surface area contributed by atoms with Gasteiger partial charge in [-0.3, -0.25) is 4.79 Å². The van der Waals surface area contributed by atoms with E-state index in [0.29, 0.717) is 17.2 Å². The Morgan fingerprint density at radius 2 is 2.00 bits per heavy atom. The number of thiophene rings is 1. The molecule has 5 nitrogen and oxygen atoms in total. The molecule has 0 saturated heterocycles. The van der Waals surface area contributed by atoms with Crippen LogP contribution < -0.4 is 15.8 Å². The molecule has 2 heterocycles. The smallest absolute Gasteiger partial charge is 0.267 e. The van der Waals surface area contributed by atoms with E-state index in [1.807, 2.05) is 63.2 Å². The molecule has 0 fully saturated rings. The third kappa shape index (κ3) is 3.27. The fourth-order valence-electron chi connectivity index (χ4n) is 3.16. The molecule has 1 amide bonds. The molecule has 0 aliphatic rings. The highest BCUT2D eigenvalue weighted by Gasteiger charge is 2.19. The summed E-state index contributed by atoms with van der Waals surface area (Å²) < 4.78 is 5.57. The number of hydrogen-bond acceptors (Lipinski definition) is 5. The first-order chi connectivity index (χ1) is 13.5. The number of aromatic nitrogens is 1. The van der Waals surface area contributed by atoms with E-state index in [1.54, 1.807) is 0 Å². The van der Waals surface area contributed by atoms with Gasteiger partial charge in [-0.05, 0) is 62.2 Å². The zero-order chi connectivity index (χ0) is 19.8. The molecule has 3 N–H and O–H groups in total. The number of hydrogen-bond donors (Lipinski definition) is 2. The zero-order valence-electron chi connectivity index (χ0n) is 16.0. The fraction of sp³-hybridized carbons (Fsp3) is 0.182. The normalized spacial score (nSPS) is 11.1. The Balaban J connectivity index is 1.74. The number of nitrogens with two attached hydrogens (primary N) is 1. The summed E-state index contributed by atoms with van der Waals surface area (Å²) in [5.74, 6) is 0.575. The second kappa shape index (κ2) is 7.13. The van der Waals surface area contributed by atoms with Crippen LogP contribution in [0.1, 0.15) is 27.7 Å². The summed E-state index contributed by atoms with van der Waals surface area (Å²) in [5.41, 5.74) is 10.5. The van der Waals surface area contributed by atoms with E-state index in [1.165, 1.54) is 11.3 Å². The summed E-state index contributed by atoms with van der Waals surface area (Å²) in [6.45, 7) is 6.51. The SMILES string of the molecule is CCOc1ccc2nc3sc(C(=O)Nc4cc(C)ccc4C)c(N)c3cc2c1. The van der Waals surface area contributed by atoms with Crippen LogP contribution in [0.3, 0.4) is 0 Å². The van der Waals surface area contributed by atoms with Crippen molar-refractivity contribution in [1.29, 1.82) is 0 Å². The van der Waals surface area contributed by atoms with Gasteiger partial charge >= 0.3 is 0 Å². The minimum absolute atomic E-state index is 0.215. The second-order valence-electron chi connectivity index (χ2n) is 6.75. The van der Waals surface area contributed by atoms with Gasteiger partial charge in [0.05, 0.1) is 17.8 Å². The summed E-state index contributed by atoms with van der Waals surface area (Å²) in [6.07, 6.45) is 0. The number of aryl methyl sites for hydroxylation is 2. The fourth-order valence-corrected chi connectivity index (χ4v) is 4.14. The molecule has 28 heavy (non-hydrogen) atoms. The standard InChI is InChI=1S/C22H21N3O2S/c1-4-27-15-7-8-17-14(10-15)11-16-19(23)20(28-22(16)25-17)21(26)24-18-9-12(2)5-6-13(18)3/h5-11H,4,23H2,1-3H3,(H,24,26). The minimum Gasteiger partial charge on any atom is -0.494 e. The van der Waals surface area contributed by atoms with Crippen molar-refractivity contribution >= 4 is 49.7 Å². The first-order valence-corrected chi connectivity index (χ1v) is 9.92. The average Bonchev–Trinajstić information content (AvgIpc) is 2.99. The van der Waals surface area contributed by atoms with E-state index in [0.717, 1.165) is 43.7 Å². The molecule has 0 saturated carbocycles. The maximum atomic E-state index is 12.9. The molecule has 0 bridgehead atoms. The molecular weight excluding hydrogens is 370 g/mol. The summed E-state index contributed by atoms with van der Waals surface area (Å²) >= 11 is 1.31. The number of anilines is 2. The molecule has 0 unspecified atom stereocenters. The molecule has 4 aromatic rings. The first-order valence-electron chi connectivity index (χ1n) is 9.10. The number of carbonyl (C=O) groups excluding carboxylic acids is 1. The maximum absolute atomic E-state index is 12.9. The maximum Gasteiger partial charge on any atom is 0.267 e. The van der Waals surface area contributed by atoms with E-state index >= 15 is 0 Å². The average molecular weight is 391 g/mol. The Bertz CT molecular complexity index is 1210. The number of nitrogens with zero attached hydrogens (tertiary/aromatic N) is 1. The zero-order valence-corrected chi connectivity index (χ0v) is 16.8. The number of amides is 1. The van der Waals surface area contributed by atoms with Gasteiger partial charge in [-0.25, -0.2) is 4.98 Å². The predicted octanol–water partition coefficient (Wildman–Crippen LogP) is 5.30. The van der Waals surface area contributed by atoms with Crippen molar-refractivity contribution in [2.75, 3.05) is 17.7 Å². The number of nitrogens with one attached hydrogen (secondary N) is 1. The van der Waals surface area contributed by atoms with Gasteiger partial charge in [0.15, 0.2) is 0 Å². The van der Waals surface area contributed by atoms with E-state index in [2.05, 4.69) is 10.3 Å². The van der Waals surface area contributed by atoms with Gasteiger partial charge in [-0.15, -0.1) is 11.3 Å². The van der Waals surface area contributed by atoms with Gasteiger partial charge in [0.2, 0.25) is 0 Å². The van der Waals surface area contributed by atoms with Crippen molar-refractivity contribution in [3.8, 4) is 5.75 Å². The van der Waals surface area contributed by atoms with Crippen LogP contribution in [0.25, 0.3) is 21.1 Å². The van der Waals surface area contributed by atoms with Gasteiger partial charge < -0.3 is 15.8 Å². The van der Waals surface area contributed by atoms with Crippen LogP contribution in [0.2, 0.25) is 0 Å². The van der Waals surface area contributed by atoms with Crippen LogP contribution in [-0.4, -0.2) is 17.5 Å². The Hall–Kier alpha value is -3.12. The monoisotopic (exact) mass is 391 g/mol. The second-order valence-corrected chi connectivity index (χ2v) is 7.75. The Morgan fingerprint density at radius 3 is 2.79 bits per heavy atom. The number of pyridine rings is 1. The number of rotatable bonds is 4. The van der Waals surface area contributed by atoms with E-state index < -0.39 is 0 Å². The van der Waals surface area contributed by atoms with Crippen molar-refractivity contribution in [1.82, 2.24) is 4.98 Å². The van der Waals surface area contributed by atoms with Crippen molar-refractivity contribution in [2.24, 2.45) is 0 Å². The van der Waals surface area contributed by atoms with Gasteiger partial charge in [0, 0.05) is 16.5 Å². The first kappa shape index (κ1) is 18.3. The van der Waals surface area contributed by atoms with Crippen molar-refractivity contribution in [2.45, 2.75) is 20.8 Å². The topological polar surface area (TPSA) is 77.2 Å². The lowest BCUT2D eigenvalue weighted by Gasteiger charge is -2.08. The number of carbonyl (C=O) groups is 1. The summed E-state index contributed by atoms with van der Waals surface area (Å²) in [7, 11) is 0. The quantitative estimate of drug-likeness (QED) is 0.495. The van der Waals surface area contributed by atoms with Crippen LogP contribution >= 0.6 is 11.3 Å². The highest BCUT2D eigenvalue weighted by molar-refractivity contribution is 7.21. The highest BCUT2D eigenvalue weighted by atomic mass is 32.1. The minimum atomic E-state index is -0.215. The lowest BCUT2D eigenvalue weighted by Crippen LogP contribution is -2.13. The van der Waals surface area contributed by atoms with Gasteiger partial charge in [-0.1, -0.05) is 12.1 Å². The van der Waals surface area contributed by atoms with Crippen molar-refractivity contribution in [3.63, 3.8) is 0 Å². The molecule has 0 atom stereocenters. The van der Waals surface area contributed by atoms with Crippen LogP contribution in [0.4, 0.5) is 11.4 Å². The molecule has 6 heteroatoms. The van der Waals surface area contributed by atoms with Crippen molar-refractivity contribution < 1.29 is 9.53 Å². The van der Waals surface area contributed by atoms with Crippen LogP contribution in [0.15, 0.2) is 42.5 Å². The Labute approximate surface area is 167 Å². The van der Waals surface area contributed by atoms with E-state index in [-0.39, 0.29) is 5.91 Å². The van der Waals surface area contributed by atoms with Gasteiger partial charge in [0.25, 0.3) is 5.91 Å². The molecule has 142 valence electrons. The van der Waals surface area contributed by atoms with Crippen LogP contribution in [-0.2, 0) is 0 Å². The number of benzene rings is 2. The highest BCUT2D eigenvalue weighted by Crippen LogP contribution is 2.36. The number of nitrogen functional groups attached to an aromatic ring is 1. The Kier molecular flexibility index (Phi) is 4.65.